The number of aliphatic hydroxyl groups excluding tert-OH is 1. The molecule has 0 saturated carbocycles. The van der Waals surface area contributed by atoms with Gasteiger partial charge in [-0.05, 0) is 30.8 Å². The van der Waals surface area contributed by atoms with E-state index in [1.54, 1.807) is 20.2 Å². The normalized spacial score (nSPS) is 12.4. The van der Waals surface area contributed by atoms with Crippen LogP contribution in [0.3, 0.4) is 0 Å². The second-order valence-corrected chi connectivity index (χ2v) is 4.44. The smallest absolute Gasteiger partial charge is 0.260 e. The van der Waals surface area contributed by atoms with Crippen LogP contribution < -0.4 is 4.74 Å². The summed E-state index contributed by atoms with van der Waals surface area (Å²) < 4.78 is 10.4. The first-order chi connectivity index (χ1) is 8.22. The van der Waals surface area contributed by atoms with Gasteiger partial charge in [0.15, 0.2) is 0 Å². The van der Waals surface area contributed by atoms with Crippen molar-refractivity contribution >= 4 is 11.8 Å². The summed E-state index contributed by atoms with van der Waals surface area (Å²) in [5.74, 6) is 0.663. The summed E-state index contributed by atoms with van der Waals surface area (Å²) >= 11 is 1.36. The van der Waals surface area contributed by atoms with E-state index < -0.39 is 6.10 Å². The Labute approximate surface area is 104 Å². The van der Waals surface area contributed by atoms with Gasteiger partial charge in [0.25, 0.3) is 5.22 Å². The highest BCUT2D eigenvalue weighted by molar-refractivity contribution is 7.99. The van der Waals surface area contributed by atoms with Crippen LogP contribution in [0.4, 0.5) is 0 Å². The largest absolute Gasteiger partial charge is 0.496 e. The van der Waals surface area contributed by atoms with Crippen LogP contribution >= 0.6 is 11.8 Å². The van der Waals surface area contributed by atoms with Crippen molar-refractivity contribution in [3.63, 3.8) is 0 Å². The molecule has 2 rings (SSSR count). The number of aromatic nitrogens is 1. The molecule has 0 amide bonds. The van der Waals surface area contributed by atoms with E-state index in [0.717, 1.165) is 10.5 Å². The van der Waals surface area contributed by atoms with Gasteiger partial charge in [0.1, 0.15) is 12.0 Å². The number of methoxy groups -OCH3 is 1. The summed E-state index contributed by atoms with van der Waals surface area (Å²) in [6, 6.07) is 5.59. The van der Waals surface area contributed by atoms with E-state index in [1.807, 2.05) is 18.2 Å². The van der Waals surface area contributed by atoms with E-state index in [0.29, 0.717) is 11.0 Å². The summed E-state index contributed by atoms with van der Waals surface area (Å²) in [4.78, 5) is 4.92. The molecule has 1 aromatic carbocycles. The van der Waals surface area contributed by atoms with Crippen LogP contribution in [0.1, 0.15) is 18.6 Å². The van der Waals surface area contributed by atoms with E-state index in [1.165, 1.54) is 18.0 Å². The van der Waals surface area contributed by atoms with Gasteiger partial charge in [-0.3, -0.25) is 0 Å². The number of oxazole rings is 1. The molecule has 4 nitrogen and oxygen atoms in total. The van der Waals surface area contributed by atoms with E-state index >= 15 is 0 Å². The van der Waals surface area contributed by atoms with Gasteiger partial charge in [0.2, 0.25) is 0 Å². The average molecular weight is 251 g/mol. The van der Waals surface area contributed by atoms with Crippen molar-refractivity contribution in [3.05, 3.63) is 36.2 Å². The van der Waals surface area contributed by atoms with Crippen LogP contribution in [0.2, 0.25) is 0 Å². The predicted molar refractivity (Wildman–Crippen MR) is 64.3 cm³/mol. The molecule has 17 heavy (non-hydrogen) atoms. The van der Waals surface area contributed by atoms with Gasteiger partial charge in [-0.25, -0.2) is 4.98 Å². The van der Waals surface area contributed by atoms with E-state index in [2.05, 4.69) is 4.98 Å². The minimum absolute atomic E-state index is 0.542. The van der Waals surface area contributed by atoms with Gasteiger partial charge in [0.05, 0.1) is 19.4 Å². The zero-order chi connectivity index (χ0) is 12.3. The number of benzene rings is 1. The lowest BCUT2D eigenvalue weighted by atomic mass is 10.1. The van der Waals surface area contributed by atoms with Gasteiger partial charge in [-0.15, -0.1) is 0 Å². The first-order valence-corrected chi connectivity index (χ1v) is 5.96. The molecule has 1 N–H and O–H groups in total. The minimum Gasteiger partial charge on any atom is -0.496 e. The van der Waals surface area contributed by atoms with E-state index in [9.17, 15) is 5.11 Å². The Kier molecular flexibility index (Phi) is 3.71. The third-order valence-corrected chi connectivity index (χ3v) is 3.22. The third-order valence-electron chi connectivity index (χ3n) is 2.27. The first-order valence-electron chi connectivity index (χ1n) is 5.14. The van der Waals surface area contributed by atoms with Gasteiger partial charge in [-0.2, -0.15) is 0 Å². The van der Waals surface area contributed by atoms with Gasteiger partial charge in [0, 0.05) is 10.5 Å². The molecule has 0 unspecified atom stereocenters. The summed E-state index contributed by atoms with van der Waals surface area (Å²) in [7, 11) is 1.58. The SMILES string of the molecule is COc1cccc(Sc2ncco2)c1[C@@H](C)O. The molecule has 0 spiro atoms. The summed E-state index contributed by atoms with van der Waals surface area (Å²) in [5, 5.41) is 10.3. The van der Waals surface area contributed by atoms with Gasteiger partial charge in [-0.1, -0.05) is 6.07 Å². The van der Waals surface area contributed by atoms with Gasteiger partial charge < -0.3 is 14.3 Å². The Bertz CT molecular complexity index is 483. The monoisotopic (exact) mass is 251 g/mol. The summed E-state index contributed by atoms with van der Waals surface area (Å²) in [6.07, 6.45) is 2.50. The molecule has 0 aliphatic rings. The van der Waals surface area contributed by atoms with Crippen molar-refractivity contribution in [3.8, 4) is 5.75 Å². The minimum atomic E-state index is -0.608. The molecule has 2 aromatic rings. The van der Waals surface area contributed by atoms with Gasteiger partial charge >= 0.3 is 0 Å². The number of hydrogen-bond acceptors (Lipinski definition) is 5. The molecular formula is C12H13NO3S. The predicted octanol–water partition coefficient (Wildman–Crippen LogP) is 2.89. The highest BCUT2D eigenvalue weighted by Gasteiger charge is 2.16. The molecule has 0 aliphatic carbocycles. The molecule has 0 bridgehead atoms. The zero-order valence-corrected chi connectivity index (χ0v) is 10.4. The first kappa shape index (κ1) is 12.0. The Morgan fingerprint density at radius 1 is 1.47 bits per heavy atom. The fourth-order valence-electron chi connectivity index (χ4n) is 1.56. The van der Waals surface area contributed by atoms with Crippen molar-refractivity contribution in [2.24, 2.45) is 0 Å². The number of ether oxygens (including phenoxy) is 1. The molecule has 1 heterocycles. The van der Waals surface area contributed by atoms with Crippen molar-refractivity contribution in [2.75, 3.05) is 7.11 Å². The molecular weight excluding hydrogens is 238 g/mol. The number of hydrogen-bond donors (Lipinski definition) is 1. The van der Waals surface area contributed by atoms with E-state index in [-0.39, 0.29) is 0 Å². The Morgan fingerprint density at radius 3 is 2.88 bits per heavy atom. The van der Waals surface area contributed by atoms with Crippen LogP contribution in [-0.2, 0) is 0 Å². The van der Waals surface area contributed by atoms with Crippen LogP contribution in [0.15, 0.2) is 45.2 Å². The van der Waals surface area contributed by atoms with Crippen molar-refractivity contribution in [1.29, 1.82) is 0 Å². The number of nitrogens with zero attached hydrogens (tertiary/aromatic N) is 1. The fourth-order valence-corrected chi connectivity index (χ4v) is 2.49. The van der Waals surface area contributed by atoms with E-state index in [4.69, 9.17) is 9.15 Å². The quantitative estimate of drug-likeness (QED) is 0.905. The molecule has 5 heteroatoms. The van der Waals surface area contributed by atoms with Crippen LogP contribution in [-0.4, -0.2) is 17.2 Å². The van der Waals surface area contributed by atoms with Crippen LogP contribution in [0, 0.1) is 0 Å². The lowest BCUT2D eigenvalue weighted by Gasteiger charge is -2.14. The molecule has 0 fully saturated rings. The lowest BCUT2D eigenvalue weighted by molar-refractivity contribution is 0.191. The second kappa shape index (κ2) is 5.25. The van der Waals surface area contributed by atoms with Crippen molar-refractivity contribution in [2.45, 2.75) is 23.1 Å². The third kappa shape index (κ3) is 2.62. The standard InChI is InChI=1S/C12H13NO3S/c1-8(14)11-9(15-2)4-3-5-10(11)17-12-13-6-7-16-12/h3-8,14H,1-2H3/t8-/m1/s1. The Morgan fingerprint density at radius 2 is 2.29 bits per heavy atom. The molecule has 0 aliphatic heterocycles. The molecule has 1 atom stereocenters. The highest BCUT2D eigenvalue weighted by Crippen LogP contribution is 2.37. The second-order valence-electron chi connectivity index (χ2n) is 3.45. The molecule has 0 radical (unpaired) electrons. The molecule has 0 saturated heterocycles. The average Bonchev–Trinajstić information content (AvgIpc) is 2.81. The molecule has 90 valence electrons. The Balaban J connectivity index is 2.39. The highest BCUT2D eigenvalue weighted by atomic mass is 32.2. The maximum atomic E-state index is 9.80. The Hall–Kier alpha value is -1.46. The van der Waals surface area contributed by atoms with Crippen LogP contribution in [0.25, 0.3) is 0 Å². The fraction of sp³-hybridized carbons (Fsp3) is 0.250. The topological polar surface area (TPSA) is 55.5 Å². The number of rotatable bonds is 4. The lowest BCUT2D eigenvalue weighted by Crippen LogP contribution is -1.98. The van der Waals surface area contributed by atoms with Crippen molar-refractivity contribution < 1.29 is 14.3 Å². The van der Waals surface area contributed by atoms with Crippen molar-refractivity contribution in [1.82, 2.24) is 4.98 Å². The summed E-state index contributed by atoms with van der Waals surface area (Å²) in [5.41, 5.74) is 0.748. The number of aliphatic hydroxyl groups is 1. The summed E-state index contributed by atoms with van der Waals surface area (Å²) in [6.45, 7) is 1.71. The molecule has 1 aromatic heterocycles. The zero-order valence-electron chi connectivity index (χ0n) is 9.58. The maximum Gasteiger partial charge on any atom is 0.260 e. The van der Waals surface area contributed by atoms with Crippen LogP contribution in [0.5, 0.6) is 5.75 Å². The maximum absolute atomic E-state index is 9.80.